The van der Waals surface area contributed by atoms with Gasteiger partial charge in [0.15, 0.2) is 12.4 Å². The Bertz CT molecular complexity index is 578. The molecule has 1 heterocycles. The van der Waals surface area contributed by atoms with Crippen molar-refractivity contribution in [2.24, 2.45) is 16.0 Å². The van der Waals surface area contributed by atoms with Gasteiger partial charge in [-0.3, -0.25) is 9.78 Å². The van der Waals surface area contributed by atoms with Gasteiger partial charge in [-0.05, 0) is 32.9 Å². The van der Waals surface area contributed by atoms with E-state index in [0.717, 1.165) is 11.4 Å². The lowest BCUT2D eigenvalue weighted by Crippen LogP contribution is -2.31. The smallest absolute Gasteiger partial charge is 0.254 e. The molecule has 1 aromatic heterocycles. The molecule has 0 aromatic carbocycles. The van der Waals surface area contributed by atoms with Crippen LogP contribution in [0.1, 0.15) is 28.7 Å². The van der Waals surface area contributed by atoms with Crippen LogP contribution >= 0.6 is 0 Å². The molecular weight excluding hydrogens is 286 g/mol. The summed E-state index contributed by atoms with van der Waals surface area (Å²) in [5.41, 5.74) is 8.01. The Kier molecular flexibility index (Phi) is 6.30. The zero-order chi connectivity index (χ0) is 16.7. The Morgan fingerprint density at radius 2 is 2.00 bits per heavy atom. The average Bonchev–Trinajstić information content (AvgIpc) is 2.44. The van der Waals surface area contributed by atoms with Gasteiger partial charge in [-0.2, -0.15) is 0 Å². The van der Waals surface area contributed by atoms with E-state index in [4.69, 9.17) is 15.8 Å². The predicted octanol–water partition coefficient (Wildman–Crippen LogP) is 0.909. The van der Waals surface area contributed by atoms with Gasteiger partial charge in [-0.1, -0.05) is 10.3 Å². The summed E-state index contributed by atoms with van der Waals surface area (Å²) in [6.07, 6.45) is 0. The monoisotopic (exact) mass is 307 g/mol. The van der Waals surface area contributed by atoms with Crippen molar-refractivity contribution >= 4 is 17.5 Å². The number of aromatic nitrogens is 1. The maximum absolute atomic E-state index is 12.3. The van der Waals surface area contributed by atoms with Crippen LogP contribution in [0.5, 0.6) is 0 Å². The molecule has 0 radical (unpaired) electrons. The van der Waals surface area contributed by atoms with Gasteiger partial charge in [0.1, 0.15) is 0 Å². The second-order valence-electron chi connectivity index (χ2n) is 4.99. The van der Waals surface area contributed by atoms with Gasteiger partial charge in [0.25, 0.3) is 5.91 Å². The summed E-state index contributed by atoms with van der Waals surface area (Å²) in [6, 6.07) is 3.49. The second kappa shape index (κ2) is 7.96. The highest BCUT2D eigenvalue weighted by molar-refractivity contribution is 5.97. The van der Waals surface area contributed by atoms with E-state index < -0.39 is 0 Å². The van der Waals surface area contributed by atoms with Crippen molar-refractivity contribution in [1.82, 2.24) is 9.88 Å². The van der Waals surface area contributed by atoms with E-state index in [0.29, 0.717) is 17.8 Å². The lowest BCUT2D eigenvalue weighted by Gasteiger charge is -2.17. The summed E-state index contributed by atoms with van der Waals surface area (Å²) in [7, 11) is 1.68. The Morgan fingerprint density at radius 1 is 1.41 bits per heavy atom. The maximum Gasteiger partial charge on any atom is 0.254 e. The van der Waals surface area contributed by atoms with Crippen LogP contribution < -0.4 is 5.73 Å². The molecule has 0 bridgehead atoms. The highest BCUT2D eigenvalue weighted by Gasteiger charge is 2.13. The van der Waals surface area contributed by atoms with Crippen LogP contribution in [0.4, 0.5) is 0 Å². The summed E-state index contributed by atoms with van der Waals surface area (Å²) < 4.78 is 0. The number of carbonyl (C=O) groups excluding carboxylic acids is 1. The molecular formula is C14H21N5O3. The van der Waals surface area contributed by atoms with Crippen LogP contribution in [0.2, 0.25) is 0 Å². The largest absolute Gasteiger partial charge is 0.409 e. The summed E-state index contributed by atoms with van der Waals surface area (Å²) >= 11 is 0. The third-order valence-electron chi connectivity index (χ3n) is 2.70. The Morgan fingerprint density at radius 3 is 2.55 bits per heavy atom. The van der Waals surface area contributed by atoms with Gasteiger partial charge < -0.3 is 20.7 Å². The number of oxime groups is 2. The van der Waals surface area contributed by atoms with E-state index in [1.807, 2.05) is 13.8 Å². The molecule has 0 atom stereocenters. The Balaban J connectivity index is 2.65. The molecule has 0 aliphatic heterocycles. The van der Waals surface area contributed by atoms with Crippen molar-refractivity contribution in [2.75, 3.05) is 20.2 Å². The first kappa shape index (κ1) is 17.4. The van der Waals surface area contributed by atoms with Gasteiger partial charge in [0, 0.05) is 24.0 Å². The summed E-state index contributed by atoms with van der Waals surface area (Å²) in [6.45, 7) is 5.59. The van der Waals surface area contributed by atoms with Gasteiger partial charge in [0.2, 0.25) is 0 Å². The van der Waals surface area contributed by atoms with Gasteiger partial charge in [-0.15, -0.1) is 0 Å². The van der Waals surface area contributed by atoms with Crippen molar-refractivity contribution in [1.29, 1.82) is 0 Å². The number of rotatable bonds is 6. The molecule has 0 aliphatic rings. The quantitative estimate of drug-likeness (QED) is 0.351. The predicted molar refractivity (Wildman–Crippen MR) is 83.1 cm³/mol. The Labute approximate surface area is 129 Å². The van der Waals surface area contributed by atoms with E-state index in [1.54, 1.807) is 26.1 Å². The normalized spacial score (nSPS) is 12.2. The number of hydrogen-bond acceptors (Lipinski definition) is 6. The lowest BCUT2D eigenvalue weighted by atomic mass is 10.1. The minimum atomic E-state index is -0.125. The van der Waals surface area contributed by atoms with Crippen molar-refractivity contribution in [2.45, 2.75) is 20.8 Å². The van der Waals surface area contributed by atoms with Crippen molar-refractivity contribution in [3.05, 3.63) is 29.1 Å². The maximum atomic E-state index is 12.3. The third-order valence-corrected chi connectivity index (χ3v) is 2.70. The fourth-order valence-corrected chi connectivity index (χ4v) is 1.86. The molecule has 0 spiro atoms. The van der Waals surface area contributed by atoms with Gasteiger partial charge >= 0.3 is 0 Å². The number of aryl methyl sites for hydroxylation is 2. The number of amides is 1. The number of carbonyl (C=O) groups is 1. The van der Waals surface area contributed by atoms with E-state index in [2.05, 4.69) is 15.3 Å². The first-order valence-corrected chi connectivity index (χ1v) is 6.66. The standard InChI is InChI=1S/C14H21N5O3/c1-9-5-12(6-10(2)16-9)14(20)19(4)7-11(3)18-22-8-13(15)17-21/h5-6,21H,7-8H2,1-4H3,(H2,15,17)/b18-11+. The van der Waals surface area contributed by atoms with Crippen LogP contribution in [0.25, 0.3) is 0 Å². The zero-order valence-electron chi connectivity index (χ0n) is 13.2. The molecule has 0 aliphatic carbocycles. The van der Waals surface area contributed by atoms with E-state index in [9.17, 15) is 4.79 Å². The summed E-state index contributed by atoms with van der Waals surface area (Å²) in [5.74, 6) is -0.205. The van der Waals surface area contributed by atoms with Gasteiger partial charge in [-0.25, -0.2) is 0 Å². The topological polar surface area (TPSA) is 113 Å². The van der Waals surface area contributed by atoms with Gasteiger partial charge in [0.05, 0.1) is 12.3 Å². The van der Waals surface area contributed by atoms with Crippen molar-refractivity contribution in [3.63, 3.8) is 0 Å². The minimum Gasteiger partial charge on any atom is -0.409 e. The SMILES string of the molecule is C/C(CN(C)C(=O)c1cc(C)nc(C)c1)=N\OC/C(N)=N\O. The molecule has 22 heavy (non-hydrogen) atoms. The molecule has 0 unspecified atom stereocenters. The fourth-order valence-electron chi connectivity index (χ4n) is 1.86. The van der Waals surface area contributed by atoms with Crippen LogP contribution in [0.3, 0.4) is 0 Å². The minimum absolute atomic E-state index is 0.0799. The highest BCUT2D eigenvalue weighted by Crippen LogP contribution is 2.08. The summed E-state index contributed by atoms with van der Waals surface area (Å²) in [4.78, 5) is 23.0. The van der Waals surface area contributed by atoms with Crippen LogP contribution in [0, 0.1) is 13.8 Å². The molecule has 8 nitrogen and oxygen atoms in total. The van der Waals surface area contributed by atoms with E-state index >= 15 is 0 Å². The molecule has 0 saturated heterocycles. The average molecular weight is 307 g/mol. The van der Waals surface area contributed by atoms with Crippen LogP contribution in [-0.2, 0) is 4.84 Å². The van der Waals surface area contributed by atoms with Crippen LogP contribution in [0.15, 0.2) is 22.4 Å². The number of hydrogen-bond donors (Lipinski definition) is 2. The first-order chi connectivity index (χ1) is 10.3. The molecule has 1 rings (SSSR count). The molecule has 0 saturated carbocycles. The Hall–Kier alpha value is -2.64. The van der Waals surface area contributed by atoms with Crippen molar-refractivity contribution < 1.29 is 14.8 Å². The molecule has 0 fully saturated rings. The highest BCUT2D eigenvalue weighted by atomic mass is 16.6. The molecule has 8 heteroatoms. The van der Waals surface area contributed by atoms with E-state index in [1.165, 1.54) is 4.90 Å². The van der Waals surface area contributed by atoms with Crippen molar-refractivity contribution in [3.8, 4) is 0 Å². The van der Waals surface area contributed by atoms with E-state index in [-0.39, 0.29) is 18.3 Å². The number of nitrogens with zero attached hydrogens (tertiary/aromatic N) is 4. The summed E-state index contributed by atoms with van der Waals surface area (Å²) in [5, 5.41) is 14.9. The lowest BCUT2D eigenvalue weighted by molar-refractivity contribution is 0.0812. The molecule has 3 N–H and O–H groups in total. The molecule has 1 amide bonds. The second-order valence-corrected chi connectivity index (χ2v) is 4.99. The molecule has 120 valence electrons. The number of amidine groups is 1. The number of pyridine rings is 1. The van der Waals surface area contributed by atoms with Crippen LogP contribution in [-0.4, -0.2) is 52.7 Å². The first-order valence-electron chi connectivity index (χ1n) is 6.66. The number of nitrogens with two attached hydrogens (primary N) is 1. The fraction of sp³-hybridized carbons (Fsp3) is 0.429. The third kappa shape index (κ3) is 5.39. The molecule has 1 aromatic rings. The zero-order valence-corrected chi connectivity index (χ0v) is 13.2.